The van der Waals surface area contributed by atoms with Gasteiger partial charge >= 0.3 is 6.03 Å². The predicted octanol–water partition coefficient (Wildman–Crippen LogP) is 1.26. The van der Waals surface area contributed by atoms with E-state index in [1.807, 2.05) is 0 Å². The average Bonchev–Trinajstić information content (AvgIpc) is 3.35. The van der Waals surface area contributed by atoms with Gasteiger partial charge in [0.2, 0.25) is 5.91 Å². The molecule has 2 fully saturated rings. The maximum Gasteiger partial charge on any atom is 0.327 e. The van der Waals surface area contributed by atoms with E-state index in [-0.39, 0.29) is 25.0 Å². The van der Waals surface area contributed by atoms with Gasteiger partial charge in [0.1, 0.15) is 6.54 Å². The SMILES string of the molecule is CN1C(=O)CN(CC#Cc2ccc(N(N)CC3CC3)c(N)c2Cl)C1=O. The number of halogens is 1. The van der Waals surface area contributed by atoms with Crippen molar-refractivity contribution in [2.24, 2.45) is 11.8 Å². The van der Waals surface area contributed by atoms with Crippen molar-refractivity contribution in [3.8, 4) is 11.8 Å². The summed E-state index contributed by atoms with van der Waals surface area (Å²) in [5.41, 5.74) is 7.74. The van der Waals surface area contributed by atoms with Crippen LogP contribution in [-0.2, 0) is 4.79 Å². The van der Waals surface area contributed by atoms with E-state index in [0.717, 1.165) is 11.4 Å². The van der Waals surface area contributed by atoms with Gasteiger partial charge in [-0.1, -0.05) is 23.4 Å². The summed E-state index contributed by atoms with van der Waals surface area (Å²) in [6.45, 7) is 0.948. The highest BCUT2D eigenvalue weighted by atomic mass is 35.5. The smallest absolute Gasteiger partial charge is 0.327 e. The van der Waals surface area contributed by atoms with Crippen LogP contribution in [0, 0.1) is 17.8 Å². The Balaban J connectivity index is 1.70. The van der Waals surface area contributed by atoms with Gasteiger partial charge in [0, 0.05) is 19.2 Å². The van der Waals surface area contributed by atoms with Crippen LogP contribution < -0.4 is 16.6 Å². The highest BCUT2D eigenvalue weighted by Gasteiger charge is 2.32. The summed E-state index contributed by atoms with van der Waals surface area (Å²) < 4.78 is 0. The Bertz CT molecular complexity index is 781. The third-order valence-electron chi connectivity index (χ3n) is 4.37. The molecule has 1 heterocycles. The minimum Gasteiger partial charge on any atom is -0.396 e. The number of nitrogens with two attached hydrogens (primary N) is 2. The van der Waals surface area contributed by atoms with Gasteiger partial charge in [0.05, 0.1) is 22.9 Å². The van der Waals surface area contributed by atoms with Gasteiger partial charge in [-0.05, 0) is 30.9 Å². The summed E-state index contributed by atoms with van der Waals surface area (Å²) in [4.78, 5) is 25.7. The third-order valence-corrected chi connectivity index (χ3v) is 4.78. The van der Waals surface area contributed by atoms with E-state index in [1.165, 1.54) is 24.8 Å². The molecule has 2 aliphatic rings. The number of carbonyl (C=O) groups is 2. The summed E-state index contributed by atoms with van der Waals surface area (Å²) in [6.07, 6.45) is 2.38. The zero-order chi connectivity index (χ0) is 18.1. The summed E-state index contributed by atoms with van der Waals surface area (Å²) in [5.74, 6) is 12.2. The molecule has 4 N–H and O–H groups in total. The van der Waals surface area contributed by atoms with Crippen LogP contribution >= 0.6 is 11.6 Å². The number of nitrogen functional groups attached to an aromatic ring is 1. The number of hydrogen-bond donors (Lipinski definition) is 2. The second-order valence-electron chi connectivity index (χ2n) is 6.35. The fourth-order valence-electron chi connectivity index (χ4n) is 2.62. The molecular weight excluding hydrogens is 342 g/mol. The van der Waals surface area contributed by atoms with Crippen molar-refractivity contribution < 1.29 is 9.59 Å². The van der Waals surface area contributed by atoms with Crippen molar-refractivity contribution in [1.29, 1.82) is 0 Å². The molecule has 1 saturated carbocycles. The summed E-state index contributed by atoms with van der Waals surface area (Å²) in [6, 6.07) is 3.21. The Kier molecular flexibility index (Phi) is 4.75. The number of imide groups is 1. The number of anilines is 2. The lowest BCUT2D eigenvalue weighted by molar-refractivity contribution is -0.124. The summed E-state index contributed by atoms with van der Waals surface area (Å²) >= 11 is 6.31. The molecule has 3 amide bonds. The first-order valence-corrected chi connectivity index (χ1v) is 8.40. The lowest BCUT2D eigenvalue weighted by atomic mass is 10.1. The number of hydrazine groups is 1. The van der Waals surface area contributed by atoms with E-state index < -0.39 is 0 Å². The molecule has 0 unspecified atom stereocenters. The first-order chi connectivity index (χ1) is 11.9. The molecule has 7 nitrogen and oxygen atoms in total. The second kappa shape index (κ2) is 6.82. The zero-order valence-corrected chi connectivity index (χ0v) is 14.7. The molecule has 25 heavy (non-hydrogen) atoms. The molecule has 0 aromatic heterocycles. The van der Waals surface area contributed by atoms with Crippen molar-refractivity contribution in [3.63, 3.8) is 0 Å². The van der Waals surface area contributed by atoms with Gasteiger partial charge in [-0.2, -0.15) is 0 Å². The summed E-state index contributed by atoms with van der Waals surface area (Å²) in [5, 5.41) is 1.97. The molecule has 0 bridgehead atoms. The van der Waals surface area contributed by atoms with E-state index in [2.05, 4.69) is 11.8 Å². The lowest BCUT2D eigenvalue weighted by Gasteiger charge is -2.21. The maximum atomic E-state index is 11.8. The number of urea groups is 1. The Labute approximate surface area is 151 Å². The maximum absolute atomic E-state index is 11.8. The number of amides is 3. The van der Waals surface area contributed by atoms with E-state index in [4.69, 9.17) is 23.2 Å². The van der Waals surface area contributed by atoms with Crippen LogP contribution in [0.5, 0.6) is 0 Å². The third kappa shape index (κ3) is 3.65. The standard InChI is InChI=1S/C17H20ClN5O2/c1-21-14(24)10-22(17(21)25)8-2-3-12-6-7-13(16(19)15(12)18)23(20)9-11-4-5-11/h6-7,11H,4-5,8-10,19-20H2,1H3. The predicted molar refractivity (Wildman–Crippen MR) is 96.7 cm³/mol. The Hall–Kier alpha value is -2.43. The highest BCUT2D eigenvalue weighted by molar-refractivity contribution is 6.35. The largest absolute Gasteiger partial charge is 0.396 e. The molecule has 1 aliphatic carbocycles. The van der Waals surface area contributed by atoms with Gasteiger partial charge in [-0.15, -0.1) is 0 Å². The number of benzene rings is 1. The van der Waals surface area contributed by atoms with Crippen molar-refractivity contribution in [1.82, 2.24) is 9.80 Å². The number of rotatable bonds is 4. The molecule has 0 atom stereocenters. The van der Waals surface area contributed by atoms with Crippen molar-refractivity contribution >= 4 is 34.9 Å². The first-order valence-electron chi connectivity index (χ1n) is 8.03. The molecule has 0 spiro atoms. The zero-order valence-electron chi connectivity index (χ0n) is 14.0. The molecule has 8 heteroatoms. The number of nitrogens with zero attached hydrogens (tertiary/aromatic N) is 3. The quantitative estimate of drug-likeness (QED) is 0.277. The highest BCUT2D eigenvalue weighted by Crippen LogP contribution is 2.35. The molecule has 1 saturated heterocycles. The van der Waals surface area contributed by atoms with E-state index in [1.54, 1.807) is 17.1 Å². The molecule has 0 radical (unpaired) electrons. The summed E-state index contributed by atoms with van der Waals surface area (Å²) in [7, 11) is 1.45. The topological polar surface area (TPSA) is 95.9 Å². The van der Waals surface area contributed by atoms with Crippen LogP contribution in [0.4, 0.5) is 16.2 Å². The Morgan fingerprint density at radius 1 is 1.36 bits per heavy atom. The van der Waals surface area contributed by atoms with Crippen LogP contribution in [0.25, 0.3) is 0 Å². The molecular formula is C17H20ClN5O2. The van der Waals surface area contributed by atoms with Gasteiger partial charge in [-0.3, -0.25) is 9.69 Å². The fraction of sp³-hybridized carbons (Fsp3) is 0.412. The van der Waals surface area contributed by atoms with Crippen LogP contribution in [0.1, 0.15) is 18.4 Å². The average molecular weight is 362 g/mol. The molecule has 1 aromatic carbocycles. The van der Waals surface area contributed by atoms with E-state index in [9.17, 15) is 9.59 Å². The molecule has 132 valence electrons. The van der Waals surface area contributed by atoms with Crippen LogP contribution in [0.3, 0.4) is 0 Å². The van der Waals surface area contributed by atoms with Gasteiger partial charge in [-0.25, -0.2) is 10.6 Å². The number of carbonyl (C=O) groups excluding carboxylic acids is 2. The first kappa shape index (κ1) is 17.4. The van der Waals surface area contributed by atoms with E-state index in [0.29, 0.717) is 27.9 Å². The Morgan fingerprint density at radius 2 is 2.08 bits per heavy atom. The molecule has 1 aromatic rings. The molecule has 1 aliphatic heterocycles. The van der Waals surface area contributed by atoms with Gasteiger partial charge < -0.3 is 15.6 Å². The monoisotopic (exact) mass is 361 g/mol. The van der Waals surface area contributed by atoms with Crippen LogP contribution in [-0.4, -0.2) is 48.4 Å². The van der Waals surface area contributed by atoms with Crippen molar-refractivity contribution in [2.75, 3.05) is 37.4 Å². The van der Waals surface area contributed by atoms with Crippen LogP contribution in [0.2, 0.25) is 5.02 Å². The minimum atomic E-state index is -0.348. The second-order valence-corrected chi connectivity index (χ2v) is 6.73. The van der Waals surface area contributed by atoms with Crippen molar-refractivity contribution in [2.45, 2.75) is 12.8 Å². The Morgan fingerprint density at radius 3 is 2.68 bits per heavy atom. The number of likely N-dealkylation sites (N-methyl/N-ethyl adjacent to an activating group) is 1. The van der Waals surface area contributed by atoms with E-state index >= 15 is 0 Å². The van der Waals surface area contributed by atoms with Gasteiger partial charge in [0.15, 0.2) is 0 Å². The molecule has 3 rings (SSSR count). The van der Waals surface area contributed by atoms with Crippen molar-refractivity contribution in [3.05, 3.63) is 22.7 Å². The van der Waals surface area contributed by atoms with Gasteiger partial charge in [0.25, 0.3) is 0 Å². The minimum absolute atomic E-state index is 0.0438. The fourth-order valence-corrected chi connectivity index (χ4v) is 2.82. The normalized spacial score (nSPS) is 16.9. The number of hydrogen-bond acceptors (Lipinski definition) is 5. The lowest BCUT2D eigenvalue weighted by Crippen LogP contribution is -2.33. The van der Waals surface area contributed by atoms with Crippen LogP contribution in [0.15, 0.2) is 12.1 Å².